The normalized spacial score (nSPS) is 13.5. The van der Waals surface area contributed by atoms with E-state index in [0.29, 0.717) is 10.7 Å². The predicted molar refractivity (Wildman–Crippen MR) is 79.3 cm³/mol. The Bertz CT molecular complexity index is 592. The molecule has 2 aromatic heterocycles. The number of nitrogens with zero attached hydrogens (tertiary/aromatic N) is 3. The quantitative estimate of drug-likeness (QED) is 0.870. The summed E-state index contributed by atoms with van der Waals surface area (Å²) in [4.78, 5) is 4.34. The van der Waals surface area contributed by atoms with Crippen LogP contribution in [0.15, 0.2) is 24.4 Å². The summed E-state index contributed by atoms with van der Waals surface area (Å²) >= 11 is 5.33. The van der Waals surface area contributed by atoms with Crippen molar-refractivity contribution in [3.05, 3.63) is 29.2 Å². The Kier molecular flexibility index (Phi) is 3.85. The first-order valence-corrected chi connectivity index (χ1v) is 6.87. The molecule has 0 aliphatic heterocycles. The fraction of sp³-hybridized carbons (Fsp3) is 0.500. The molecule has 0 fully saturated rings. The van der Waals surface area contributed by atoms with Gasteiger partial charge in [-0.2, -0.15) is 5.10 Å². The molecule has 2 rings (SSSR count). The van der Waals surface area contributed by atoms with Gasteiger partial charge in [-0.15, -0.1) is 0 Å². The Hall–Kier alpha value is -1.49. The van der Waals surface area contributed by atoms with E-state index < -0.39 is 0 Å². The minimum absolute atomic E-state index is 0.230. The third-order valence-electron chi connectivity index (χ3n) is 3.59. The molecular formula is C14H20N4S. The fourth-order valence-corrected chi connectivity index (χ4v) is 1.93. The Labute approximate surface area is 118 Å². The lowest BCUT2D eigenvalue weighted by molar-refractivity contribution is 0.232. The number of hydrogen-bond donors (Lipinski definition) is 1. The average molecular weight is 276 g/mol. The van der Waals surface area contributed by atoms with Gasteiger partial charge in [-0.3, -0.25) is 14.6 Å². The van der Waals surface area contributed by atoms with Gasteiger partial charge in [0.25, 0.3) is 0 Å². The zero-order valence-electron chi connectivity index (χ0n) is 11.8. The van der Waals surface area contributed by atoms with Crippen molar-refractivity contribution in [2.75, 3.05) is 0 Å². The summed E-state index contributed by atoms with van der Waals surface area (Å²) in [6.45, 7) is 9.78. The van der Waals surface area contributed by atoms with Crippen LogP contribution < -0.4 is 0 Å². The van der Waals surface area contributed by atoms with Crippen LogP contribution in [0.2, 0.25) is 0 Å². The van der Waals surface area contributed by atoms with E-state index in [1.165, 1.54) is 0 Å². The number of rotatable bonds is 3. The molecule has 2 aromatic rings. The van der Waals surface area contributed by atoms with Gasteiger partial charge in [0.15, 0.2) is 10.6 Å². The summed E-state index contributed by atoms with van der Waals surface area (Å²) in [5.41, 5.74) is 1.07. The van der Waals surface area contributed by atoms with E-state index in [1.807, 2.05) is 22.8 Å². The first-order chi connectivity index (χ1) is 8.89. The van der Waals surface area contributed by atoms with E-state index >= 15 is 0 Å². The topological polar surface area (TPSA) is 46.5 Å². The van der Waals surface area contributed by atoms with Gasteiger partial charge in [-0.05, 0) is 35.7 Å². The van der Waals surface area contributed by atoms with E-state index in [4.69, 9.17) is 12.2 Å². The van der Waals surface area contributed by atoms with Crippen molar-refractivity contribution in [2.45, 2.75) is 34.2 Å². The minimum Gasteiger partial charge on any atom is -0.299 e. The average Bonchev–Trinajstić information content (AvgIpc) is 2.71. The Morgan fingerprint density at radius 2 is 2.11 bits per heavy atom. The molecule has 1 atom stereocenters. The molecule has 5 heteroatoms. The summed E-state index contributed by atoms with van der Waals surface area (Å²) < 4.78 is 2.69. The van der Waals surface area contributed by atoms with Crippen LogP contribution in [0.4, 0.5) is 0 Å². The third-order valence-corrected chi connectivity index (χ3v) is 3.90. The molecule has 4 nitrogen and oxygen atoms in total. The molecule has 1 N–H and O–H groups in total. The van der Waals surface area contributed by atoms with Crippen molar-refractivity contribution in [2.24, 2.45) is 11.3 Å². The number of hydrogen-bond acceptors (Lipinski definition) is 3. The molecular weight excluding hydrogens is 256 g/mol. The van der Waals surface area contributed by atoms with Gasteiger partial charge in [0.2, 0.25) is 0 Å². The second kappa shape index (κ2) is 5.25. The molecule has 0 radical (unpaired) electrons. The molecule has 0 bridgehead atoms. The fourth-order valence-electron chi connectivity index (χ4n) is 1.73. The monoisotopic (exact) mass is 276 g/mol. The van der Waals surface area contributed by atoms with Gasteiger partial charge >= 0.3 is 0 Å². The van der Waals surface area contributed by atoms with Gasteiger partial charge in [0.05, 0.1) is 0 Å². The summed E-state index contributed by atoms with van der Waals surface area (Å²) in [6, 6.07) is 5.80. The van der Waals surface area contributed by atoms with Crippen molar-refractivity contribution < 1.29 is 0 Å². The van der Waals surface area contributed by atoms with Gasteiger partial charge in [-0.25, -0.2) is 0 Å². The zero-order chi connectivity index (χ0) is 14.0. The standard InChI is InChI=1S/C14H20N4S/c1-10(14(2,3)4)9-18-12(16-17-13(18)19)11-7-5-6-8-15-11/h5-8,10H,9H2,1-4H3,(H,17,19). The molecule has 0 spiro atoms. The highest BCUT2D eigenvalue weighted by atomic mass is 32.1. The van der Waals surface area contributed by atoms with Gasteiger partial charge in [0, 0.05) is 12.7 Å². The summed E-state index contributed by atoms with van der Waals surface area (Å²) in [5, 5.41) is 7.17. The van der Waals surface area contributed by atoms with Crippen molar-refractivity contribution in [1.82, 2.24) is 19.7 Å². The van der Waals surface area contributed by atoms with Crippen LogP contribution in [0.3, 0.4) is 0 Å². The van der Waals surface area contributed by atoms with Crippen molar-refractivity contribution in [3.63, 3.8) is 0 Å². The highest BCUT2D eigenvalue weighted by Crippen LogP contribution is 2.28. The third kappa shape index (κ3) is 3.10. The molecule has 0 aliphatic rings. The maximum absolute atomic E-state index is 5.33. The van der Waals surface area contributed by atoms with Crippen LogP contribution in [0.25, 0.3) is 11.5 Å². The molecule has 0 amide bonds. The van der Waals surface area contributed by atoms with Crippen LogP contribution in [0.5, 0.6) is 0 Å². The second-order valence-electron chi connectivity index (χ2n) is 5.95. The Morgan fingerprint density at radius 1 is 1.37 bits per heavy atom. The summed E-state index contributed by atoms with van der Waals surface area (Å²) in [6.07, 6.45) is 1.77. The smallest absolute Gasteiger partial charge is 0.195 e. The lowest BCUT2D eigenvalue weighted by Gasteiger charge is -2.27. The van der Waals surface area contributed by atoms with E-state index in [2.05, 4.69) is 42.9 Å². The number of aromatic amines is 1. The molecule has 0 aromatic carbocycles. The Morgan fingerprint density at radius 3 is 2.68 bits per heavy atom. The second-order valence-corrected chi connectivity index (χ2v) is 6.33. The van der Waals surface area contributed by atoms with Crippen molar-refractivity contribution in [1.29, 1.82) is 0 Å². The van der Waals surface area contributed by atoms with Gasteiger partial charge < -0.3 is 0 Å². The summed E-state index contributed by atoms with van der Waals surface area (Å²) in [7, 11) is 0. The number of pyridine rings is 1. The first-order valence-electron chi connectivity index (χ1n) is 6.46. The molecule has 0 saturated carbocycles. The molecule has 2 heterocycles. The number of H-pyrrole nitrogens is 1. The van der Waals surface area contributed by atoms with Crippen LogP contribution in [-0.4, -0.2) is 19.7 Å². The van der Waals surface area contributed by atoms with Crippen LogP contribution in [-0.2, 0) is 6.54 Å². The van der Waals surface area contributed by atoms with Crippen molar-refractivity contribution >= 4 is 12.2 Å². The summed E-state index contributed by atoms with van der Waals surface area (Å²) in [5.74, 6) is 1.29. The SMILES string of the molecule is CC(Cn1c(-c2ccccn2)n[nH]c1=S)C(C)(C)C. The largest absolute Gasteiger partial charge is 0.299 e. The predicted octanol–water partition coefficient (Wildman–Crippen LogP) is 3.68. The zero-order valence-corrected chi connectivity index (χ0v) is 12.7. The van der Waals surface area contributed by atoms with E-state index in [-0.39, 0.29) is 5.41 Å². The van der Waals surface area contributed by atoms with Crippen LogP contribution in [0.1, 0.15) is 27.7 Å². The molecule has 19 heavy (non-hydrogen) atoms. The van der Waals surface area contributed by atoms with Crippen molar-refractivity contribution in [3.8, 4) is 11.5 Å². The highest BCUT2D eigenvalue weighted by molar-refractivity contribution is 7.71. The van der Waals surface area contributed by atoms with E-state index in [1.54, 1.807) is 6.20 Å². The first kappa shape index (κ1) is 13.9. The van der Waals surface area contributed by atoms with Gasteiger partial charge in [0.1, 0.15) is 5.69 Å². The Balaban J connectivity index is 2.37. The molecule has 102 valence electrons. The lowest BCUT2D eigenvalue weighted by atomic mass is 9.82. The number of aromatic nitrogens is 4. The molecule has 0 aliphatic carbocycles. The molecule has 0 saturated heterocycles. The number of nitrogens with one attached hydrogen (secondary N) is 1. The molecule has 1 unspecified atom stereocenters. The van der Waals surface area contributed by atoms with Crippen LogP contribution in [0, 0.1) is 16.1 Å². The van der Waals surface area contributed by atoms with E-state index in [0.717, 1.165) is 18.1 Å². The minimum atomic E-state index is 0.230. The van der Waals surface area contributed by atoms with Crippen LogP contribution >= 0.6 is 12.2 Å². The highest BCUT2D eigenvalue weighted by Gasteiger charge is 2.22. The maximum Gasteiger partial charge on any atom is 0.195 e. The van der Waals surface area contributed by atoms with Gasteiger partial charge in [-0.1, -0.05) is 33.8 Å². The maximum atomic E-state index is 5.33. The van der Waals surface area contributed by atoms with E-state index in [9.17, 15) is 0 Å². The lowest BCUT2D eigenvalue weighted by Crippen LogP contribution is -2.23.